The minimum absolute atomic E-state index is 0.0508. The molecule has 0 aliphatic rings. The molecule has 0 saturated carbocycles. The second-order valence-electron chi connectivity index (χ2n) is 8.92. The lowest BCUT2D eigenvalue weighted by Crippen LogP contribution is -2.28. The van der Waals surface area contributed by atoms with Crippen LogP contribution in [0.2, 0.25) is 0 Å². The topological polar surface area (TPSA) is 122 Å². The molecule has 1 unspecified atom stereocenters. The van der Waals surface area contributed by atoms with Crippen LogP contribution >= 0.6 is 0 Å². The fourth-order valence-corrected chi connectivity index (χ4v) is 3.39. The van der Waals surface area contributed by atoms with Crippen LogP contribution in [0.1, 0.15) is 110 Å². The first-order chi connectivity index (χ1) is 17.0. The van der Waals surface area contributed by atoms with Crippen molar-refractivity contribution in [2.45, 2.75) is 116 Å². The Kier molecular flexibility index (Phi) is 23.8. The SMILES string of the molecule is CCCCCCCC/C=C\CCCCCCCC(=O)NCCOC(=O)CCC(=O)OCC(O)CO. The minimum atomic E-state index is -1.12. The van der Waals surface area contributed by atoms with Gasteiger partial charge >= 0.3 is 11.9 Å². The molecule has 0 spiro atoms. The lowest BCUT2D eigenvalue weighted by atomic mass is 10.1. The number of hydrogen-bond donors (Lipinski definition) is 3. The van der Waals surface area contributed by atoms with Gasteiger partial charge < -0.3 is 25.0 Å². The van der Waals surface area contributed by atoms with E-state index >= 15 is 0 Å². The van der Waals surface area contributed by atoms with Gasteiger partial charge in [-0.15, -0.1) is 0 Å². The maximum absolute atomic E-state index is 11.8. The van der Waals surface area contributed by atoms with E-state index in [-0.39, 0.29) is 38.5 Å². The lowest BCUT2D eigenvalue weighted by molar-refractivity contribution is -0.152. The van der Waals surface area contributed by atoms with Gasteiger partial charge in [-0.2, -0.15) is 0 Å². The van der Waals surface area contributed by atoms with E-state index in [1.54, 1.807) is 0 Å². The Hall–Kier alpha value is -1.93. The Morgan fingerprint density at radius 2 is 1.31 bits per heavy atom. The summed E-state index contributed by atoms with van der Waals surface area (Å²) in [6.07, 6.45) is 19.5. The van der Waals surface area contributed by atoms with Gasteiger partial charge in [0, 0.05) is 6.42 Å². The summed E-state index contributed by atoms with van der Waals surface area (Å²) in [5.74, 6) is -1.26. The average Bonchev–Trinajstić information content (AvgIpc) is 2.86. The molecule has 0 bridgehead atoms. The first-order valence-corrected chi connectivity index (χ1v) is 13.5. The van der Waals surface area contributed by atoms with E-state index in [2.05, 4.69) is 24.4 Å². The van der Waals surface area contributed by atoms with Gasteiger partial charge in [0.1, 0.15) is 19.3 Å². The van der Waals surface area contributed by atoms with E-state index in [9.17, 15) is 14.4 Å². The smallest absolute Gasteiger partial charge is 0.306 e. The highest BCUT2D eigenvalue weighted by Gasteiger charge is 2.11. The number of ether oxygens (including phenoxy) is 2. The molecule has 1 atom stereocenters. The number of aliphatic hydroxyl groups excluding tert-OH is 2. The number of unbranched alkanes of at least 4 members (excludes halogenated alkanes) is 11. The summed E-state index contributed by atoms with van der Waals surface area (Å²) in [6.45, 7) is 1.72. The van der Waals surface area contributed by atoms with Crippen LogP contribution in [0.25, 0.3) is 0 Å². The maximum Gasteiger partial charge on any atom is 0.306 e. The van der Waals surface area contributed by atoms with Crippen molar-refractivity contribution in [1.82, 2.24) is 5.32 Å². The number of nitrogens with one attached hydrogen (secondary N) is 1. The number of carbonyl (C=O) groups excluding carboxylic acids is 3. The monoisotopic (exact) mass is 499 g/mol. The number of amides is 1. The van der Waals surface area contributed by atoms with Crippen molar-refractivity contribution >= 4 is 17.8 Å². The molecule has 0 radical (unpaired) electrons. The number of allylic oxidation sites excluding steroid dienone is 2. The maximum atomic E-state index is 11.8. The molecule has 0 rings (SSSR count). The predicted octanol–water partition coefficient (Wildman–Crippen LogP) is 4.36. The van der Waals surface area contributed by atoms with Gasteiger partial charge in [-0.25, -0.2) is 0 Å². The van der Waals surface area contributed by atoms with E-state index in [1.165, 1.54) is 57.8 Å². The fourth-order valence-electron chi connectivity index (χ4n) is 3.39. The largest absolute Gasteiger partial charge is 0.464 e. The zero-order chi connectivity index (χ0) is 26.0. The third-order valence-corrected chi connectivity index (χ3v) is 5.53. The van der Waals surface area contributed by atoms with Crippen molar-refractivity contribution in [1.29, 1.82) is 0 Å². The molecular weight excluding hydrogens is 450 g/mol. The molecule has 3 N–H and O–H groups in total. The number of carbonyl (C=O) groups is 3. The molecule has 0 heterocycles. The van der Waals surface area contributed by atoms with E-state index in [1.807, 2.05) is 0 Å². The van der Waals surface area contributed by atoms with E-state index in [0.29, 0.717) is 6.42 Å². The molecule has 0 aliphatic heterocycles. The van der Waals surface area contributed by atoms with Gasteiger partial charge in [0.05, 0.1) is 26.0 Å². The molecule has 0 aromatic heterocycles. The zero-order valence-electron chi connectivity index (χ0n) is 21.8. The molecule has 0 saturated heterocycles. The summed E-state index contributed by atoms with van der Waals surface area (Å²) in [4.78, 5) is 34.8. The second kappa shape index (κ2) is 25.2. The minimum Gasteiger partial charge on any atom is -0.464 e. The predicted molar refractivity (Wildman–Crippen MR) is 137 cm³/mol. The van der Waals surface area contributed by atoms with Crippen LogP contribution in [0.4, 0.5) is 0 Å². The van der Waals surface area contributed by atoms with Gasteiger partial charge in [0.25, 0.3) is 0 Å². The van der Waals surface area contributed by atoms with Crippen LogP contribution in [-0.2, 0) is 23.9 Å². The van der Waals surface area contributed by atoms with Crippen LogP contribution in [0.3, 0.4) is 0 Å². The Labute approximate surface area is 211 Å². The molecule has 0 aromatic rings. The van der Waals surface area contributed by atoms with Crippen LogP contribution < -0.4 is 5.32 Å². The Bertz CT molecular complexity index is 566. The molecule has 35 heavy (non-hydrogen) atoms. The third-order valence-electron chi connectivity index (χ3n) is 5.53. The standard InChI is InChI=1S/C27H49NO7/c1-2-3-4-5-6-7-8-9-10-11-12-13-14-15-16-17-25(31)28-20-21-34-26(32)18-19-27(33)35-23-24(30)22-29/h9-10,24,29-30H,2-8,11-23H2,1H3,(H,28,31)/b10-9-. The van der Waals surface area contributed by atoms with Crippen molar-refractivity contribution in [3.8, 4) is 0 Å². The van der Waals surface area contributed by atoms with Gasteiger partial charge in [0.15, 0.2) is 0 Å². The van der Waals surface area contributed by atoms with Gasteiger partial charge in [-0.05, 0) is 32.1 Å². The van der Waals surface area contributed by atoms with Crippen molar-refractivity contribution in [3.05, 3.63) is 12.2 Å². The summed E-state index contributed by atoms with van der Waals surface area (Å²) >= 11 is 0. The van der Waals surface area contributed by atoms with Crippen molar-refractivity contribution in [2.75, 3.05) is 26.4 Å². The van der Waals surface area contributed by atoms with E-state index < -0.39 is 24.6 Å². The van der Waals surface area contributed by atoms with Gasteiger partial charge in [-0.3, -0.25) is 14.4 Å². The van der Waals surface area contributed by atoms with Crippen LogP contribution in [0, 0.1) is 0 Å². The number of hydrogen-bond acceptors (Lipinski definition) is 7. The lowest BCUT2D eigenvalue weighted by Gasteiger charge is -2.09. The van der Waals surface area contributed by atoms with E-state index in [4.69, 9.17) is 19.7 Å². The number of esters is 2. The van der Waals surface area contributed by atoms with Crippen molar-refractivity contribution in [3.63, 3.8) is 0 Å². The van der Waals surface area contributed by atoms with Crippen LogP contribution in [0.15, 0.2) is 12.2 Å². The normalized spacial score (nSPS) is 12.0. The molecule has 1 amide bonds. The van der Waals surface area contributed by atoms with Crippen molar-refractivity contribution < 1.29 is 34.1 Å². The fraction of sp³-hybridized carbons (Fsp3) is 0.815. The first-order valence-electron chi connectivity index (χ1n) is 13.5. The van der Waals surface area contributed by atoms with Crippen LogP contribution in [-0.4, -0.2) is 60.5 Å². The Morgan fingerprint density at radius 3 is 1.91 bits per heavy atom. The molecule has 8 heteroatoms. The average molecular weight is 500 g/mol. The second-order valence-corrected chi connectivity index (χ2v) is 8.92. The summed E-state index contributed by atoms with van der Waals surface area (Å²) in [5, 5.41) is 20.4. The summed E-state index contributed by atoms with van der Waals surface area (Å²) in [6, 6.07) is 0. The highest BCUT2D eigenvalue weighted by atomic mass is 16.5. The highest BCUT2D eigenvalue weighted by Crippen LogP contribution is 2.10. The highest BCUT2D eigenvalue weighted by molar-refractivity contribution is 5.78. The Morgan fingerprint density at radius 1 is 0.771 bits per heavy atom. The van der Waals surface area contributed by atoms with Gasteiger partial charge in [0.2, 0.25) is 5.91 Å². The quantitative estimate of drug-likeness (QED) is 0.102. The molecule has 8 nitrogen and oxygen atoms in total. The summed E-state index contributed by atoms with van der Waals surface area (Å²) in [7, 11) is 0. The molecular formula is C27H49NO7. The molecule has 204 valence electrons. The molecule has 0 aliphatic carbocycles. The zero-order valence-corrected chi connectivity index (χ0v) is 21.8. The van der Waals surface area contributed by atoms with Crippen molar-refractivity contribution in [2.24, 2.45) is 0 Å². The number of aliphatic hydroxyl groups is 2. The van der Waals surface area contributed by atoms with Gasteiger partial charge in [-0.1, -0.05) is 70.4 Å². The summed E-state index contributed by atoms with van der Waals surface area (Å²) in [5.41, 5.74) is 0. The van der Waals surface area contributed by atoms with E-state index in [0.717, 1.165) is 25.7 Å². The van der Waals surface area contributed by atoms with Crippen LogP contribution in [0.5, 0.6) is 0 Å². The Balaban J connectivity index is 3.43. The molecule has 0 aromatic carbocycles. The summed E-state index contributed by atoms with van der Waals surface area (Å²) < 4.78 is 9.65. The molecule has 0 fully saturated rings. The third kappa shape index (κ3) is 25.0. The number of rotatable bonds is 24. The first kappa shape index (κ1) is 33.1.